The number of hydrogen-bond acceptors (Lipinski definition) is 12. The average molecular weight is 713 g/mol. The molecule has 4 rings (SSSR count). The maximum absolute atomic E-state index is 12.1. The van der Waals surface area contributed by atoms with E-state index in [9.17, 15) is 25.0 Å². The van der Waals surface area contributed by atoms with Crippen LogP contribution in [0.25, 0.3) is 0 Å². The van der Waals surface area contributed by atoms with Gasteiger partial charge in [0.05, 0.1) is 12.0 Å². The standard InChI is InChI=1S/C26H28O9.C6H5NO3.Y/c1-4-8-21(35-29)19-11-12-22(23(13-19)31-16-18-9-6-5-7-10-18)33-25-15-20(32-17(2)27)14-24(34-25)26(28)30-3;8-6-3-1-5(2-4-6)7(9)10;/h1,5-7,9-13,20-21,24-25,29H,8,14-16H2,2-3H3;1-4,8H;. The number of phenols is 1. The third-order valence-electron chi connectivity index (χ3n) is 6.37. The fourth-order valence-corrected chi connectivity index (χ4v) is 4.24. The SMILES string of the molecule is C#CCC(OO)c1ccc(OC2CC(OC(C)=O)CC(C(=O)OC)O2)c(OCc2ccccc2)c1.O=[N+]([O-])c1ccc(O)cc1.[Y]. The fraction of sp³-hybridized carbons (Fsp3) is 0.312. The first kappa shape index (κ1) is 38.1. The zero-order chi connectivity index (χ0) is 32.8. The molecule has 1 aliphatic rings. The Hall–Kier alpha value is -4.06. The topological polar surface area (TPSA) is 173 Å². The van der Waals surface area contributed by atoms with E-state index >= 15 is 0 Å². The molecule has 1 aliphatic heterocycles. The Morgan fingerprint density at radius 3 is 2.37 bits per heavy atom. The predicted octanol–water partition coefficient (Wildman–Crippen LogP) is 5.11. The van der Waals surface area contributed by atoms with E-state index in [0.29, 0.717) is 17.1 Å². The summed E-state index contributed by atoms with van der Waals surface area (Å²) in [5.74, 6) is 2.08. The first-order valence-corrected chi connectivity index (χ1v) is 13.7. The van der Waals surface area contributed by atoms with Crippen molar-refractivity contribution in [2.24, 2.45) is 0 Å². The second-order valence-corrected chi connectivity index (χ2v) is 9.65. The summed E-state index contributed by atoms with van der Waals surface area (Å²) in [4.78, 5) is 37.7. The summed E-state index contributed by atoms with van der Waals surface area (Å²) in [5.41, 5.74) is 1.49. The molecule has 0 bridgehead atoms. The number of benzene rings is 3. The number of nitro benzene ring substituents is 1. The van der Waals surface area contributed by atoms with Crippen LogP contribution in [0, 0.1) is 22.5 Å². The third kappa shape index (κ3) is 12.0. The first-order valence-electron chi connectivity index (χ1n) is 13.7. The zero-order valence-corrected chi connectivity index (χ0v) is 28.0. The Labute approximate surface area is 290 Å². The van der Waals surface area contributed by atoms with Crippen molar-refractivity contribution in [3.8, 4) is 29.6 Å². The molecule has 1 fully saturated rings. The molecule has 2 N–H and O–H groups in total. The molecule has 0 saturated carbocycles. The summed E-state index contributed by atoms with van der Waals surface area (Å²) < 4.78 is 27.9. The van der Waals surface area contributed by atoms with Crippen LogP contribution < -0.4 is 9.47 Å². The van der Waals surface area contributed by atoms with Crippen molar-refractivity contribution >= 4 is 17.6 Å². The maximum Gasteiger partial charge on any atom is 0.335 e. The average Bonchev–Trinajstić information content (AvgIpc) is 3.03. The van der Waals surface area contributed by atoms with Gasteiger partial charge in [0.2, 0.25) is 6.29 Å². The molecule has 4 atom stereocenters. The van der Waals surface area contributed by atoms with Crippen LogP contribution in [-0.2, 0) is 68.0 Å². The van der Waals surface area contributed by atoms with Gasteiger partial charge in [-0.05, 0) is 35.4 Å². The molecule has 13 nitrogen and oxygen atoms in total. The quantitative estimate of drug-likeness (QED) is 0.0887. The molecule has 3 aromatic carbocycles. The first-order chi connectivity index (χ1) is 21.6. The zero-order valence-electron chi connectivity index (χ0n) is 25.1. The van der Waals surface area contributed by atoms with Gasteiger partial charge in [-0.2, -0.15) is 0 Å². The molecule has 241 valence electrons. The van der Waals surface area contributed by atoms with Crippen LogP contribution in [0.4, 0.5) is 5.69 Å². The van der Waals surface area contributed by atoms with Gasteiger partial charge in [0, 0.05) is 71.0 Å². The Kier molecular flexibility index (Phi) is 16.1. The number of carbonyl (C=O) groups is 2. The van der Waals surface area contributed by atoms with Gasteiger partial charge in [-0.15, -0.1) is 12.3 Å². The fourth-order valence-electron chi connectivity index (χ4n) is 4.24. The number of hydrogen-bond donors (Lipinski definition) is 2. The van der Waals surface area contributed by atoms with Crippen LogP contribution in [-0.4, -0.2) is 52.8 Å². The number of nitrogens with zero attached hydrogens (tertiary/aromatic N) is 1. The van der Waals surface area contributed by atoms with Crippen LogP contribution in [0.1, 0.15) is 43.4 Å². The van der Waals surface area contributed by atoms with E-state index in [4.69, 9.17) is 35.2 Å². The van der Waals surface area contributed by atoms with Gasteiger partial charge < -0.3 is 28.8 Å². The van der Waals surface area contributed by atoms with Gasteiger partial charge in [0.25, 0.3) is 5.69 Å². The molecule has 0 spiro atoms. The minimum absolute atomic E-state index is 0. The number of nitro groups is 1. The number of carbonyl (C=O) groups excluding carboxylic acids is 2. The number of ether oxygens (including phenoxy) is 5. The maximum atomic E-state index is 12.1. The molecule has 3 aromatic rings. The number of aromatic hydroxyl groups is 1. The van der Waals surface area contributed by atoms with E-state index in [1.54, 1.807) is 18.2 Å². The summed E-state index contributed by atoms with van der Waals surface area (Å²) in [6, 6.07) is 19.5. The molecule has 1 saturated heterocycles. The summed E-state index contributed by atoms with van der Waals surface area (Å²) in [5, 5.41) is 28.0. The van der Waals surface area contributed by atoms with Crippen molar-refractivity contribution in [2.75, 3.05) is 7.11 Å². The van der Waals surface area contributed by atoms with Crippen molar-refractivity contribution in [1.29, 1.82) is 0 Å². The Morgan fingerprint density at radius 2 is 1.78 bits per heavy atom. The van der Waals surface area contributed by atoms with E-state index in [2.05, 4.69) is 10.8 Å². The van der Waals surface area contributed by atoms with Crippen molar-refractivity contribution in [1.82, 2.24) is 0 Å². The molecule has 0 amide bonds. The molecule has 1 radical (unpaired) electrons. The summed E-state index contributed by atoms with van der Waals surface area (Å²) >= 11 is 0. The molecule has 0 aromatic heterocycles. The van der Waals surface area contributed by atoms with Crippen LogP contribution in [0.2, 0.25) is 0 Å². The number of phenolic OH excluding ortho intramolecular Hbond substituents is 1. The van der Waals surface area contributed by atoms with E-state index < -0.39 is 41.5 Å². The van der Waals surface area contributed by atoms with Gasteiger partial charge in [-0.3, -0.25) is 20.2 Å². The Balaban J connectivity index is 0.000000570. The molecule has 0 aliphatic carbocycles. The second-order valence-electron chi connectivity index (χ2n) is 9.65. The third-order valence-corrected chi connectivity index (χ3v) is 6.37. The van der Waals surface area contributed by atoms with Crippen LogP contribution in [0.5, 0.6) is 17.2 Å². The molecule has 1 heterocycles. The van der Waals surface area contributed by atoms with Gasteiger partial charge in [-0.25, -0.2) is 9.68 Å². The van der Waals surface area contributed by atoms with Crippen LogP contribution >= 0.6 is 0 Å². The largest absolute Gasteiger partial charge is 0.508 e. The van der Waals surface area contributed by atoms with E-state index in [1.165, 1.54) is 38.3 Å². The number of methoxy groups -OCH3 is 1. The second kappa shape index (κ2) is 19.5. The van der Waals surface area contributed by atoms with E-state index in [0.717, 1.165) is 5.56 Å². The molecule has 4 unspecified atom stereocenters. The number of terminal acetylenes is 1. The molecular formula is C32H33NO12Y. The molecule has 14 heteroatoms. The van der Waals surface area contributed by atoms with Gasteiger partial charge in [0.1, 0.15) is 24.6 Å². The molecule has 46 heavy (non-hydrogen) atoms. The Morgan fingerprint density at radius 1 is 1.09 bits per heavy atom. The monoisotopic (exact) mass is 712 g/mol. The summed E-state index contributed by atoms with van der Waals surface area (Å²) in [7, 11) is 1.25. The van der Waals surface area contributed by atoms with Gasteiger partial charge in [-0.1, -0.05) is 36.4 Å². The smallest absolute Gasteiger partial charge is 0.335 e. The van der Waals surface area contributed by atoms with E-state index in [-0.39, 0.29) is 70.0 Å². The van der Waals surface area contributed by atoms with E-state index in [1.807, 2.05) is 30.3 Å². The van der Waals surface area contributed by atoms with Gasteiger partial charge >= 0.3 is 11.9 Å². The predicted molar refractivity (Wildman–Crippen MR) is 158 cm³/mol. The van der Waals surface area contributed by atoms with Crippen molar-refractivity contribution in [3.05, 3.63) is 94.0 Å². The van der Waals surface area contributed by atoms with Crippen molar-refractivity contribution in [2.45, 2.75) is 57.4 Å². The minimum atomic E-state index is -0.959. The number of esters is 2. The molecular weight excluding hydrogens is 679 g/mol. The summed E-state index contributed by atoms with van der Waals surface area (Å²) in [6.45, 7) is 1.54. The number of rotatable bonds is 11. The van der Waals surface area contributed by atoms with Gasteiger partial charge in [0.15, 0.2) is 17.6 Å². The minimum Gasteiger partial charge on any atom is -0.508 e. The number of non-ortho nitro benzene ring substituents is 1. The normalized spacial score (nSPS) is 17.4. The van der Waals surface area contributed by atoms with Crippen LogP contribution in [0.15, 0.2) is 72.8 Å². The van der Waals surface area contributed by atoms with Crippen molar-refractivity contribution < 1.29 is 86.2 Å². The Bertz CT molecular complexity index is 1460. The summed E-state index contributed by atoms with van der Waals surface area (Å²) in [6.07, 6.45) is 2.66. The van der Waals surface area contributed by atoms with Crippen LogP contribution in [0.3, 0.4) is 0 Å². The van der Waals surface area contributed by atoms with Crippen molar-refractivity contribution in [3.63, 3.8) is 0 Å².